The SMILES string of the molecule is Cc1oc(-c2ccc(C(=O)NCc3ccc(OC(C)C)cc3)cc2)nc1CN1CCc2ccccc21. The molecule has 6 nitrogen and oxygen atoms in total. The normalized spacial score (nSPS) is 12.6. The molecule has 0 saturated heterocycles. The fourth-order valence-electron chi connectivity index (χ4n) is 4.46. The first-order valence-electron chi connectivity index (χ1n) is 12.4. The molecule has 0 unspecified atom stereocenters. The number of anilines is 1. The number of aromatic nitrogens is 1. The van der Waals surface area contributed by atoms with Gasteiger partial charge in [0, 0.05) is 29.9 Å². The number of hydrogen-bond donors (Lipinski definition) is 1. The molecule has 0 fully saturated rings. The third-order valence-corrected chi connectivity index (χ3v) is 6.36. The summed E-state index contributed by atoms with van der Waals surface area (Å²) < 4.78 is 11.7. The molecular weight excluding hydrogens is 450 g/mol. The van der Waals surface area contributed by atoms with E-state index in [1.165, 1.54) is 11.3 Å². The van der Waals surface area contributed by atoms with Crippen LogP contribution in [0.3, 0.4) is 0 Å². The van der Waals surface area contributed by atoms with Crippen LogP contribution >= 0.6 is 0 Å². The lowest BCUT2D eigenvalue weighted by Gasteiger charge is -2.17. The van der Waals surface area contributed by atoms with Crippen molar-refractivity contribution in [2.45, 2.75) is 46.4 Å². The summed E-state index contributed by atoms with van der Waals surface area (Å²) in [6, 6.07) is 23.7. The van der Waals surface area contributed by atoms with Crippen LogP contribution in [-0.2, 0) is 19.5 Å². The molecule has 4 aromatic rings. The first-order chi connectivity index (χ1) is 17.5. The summed E-state index contributed by atoms with van der Waals surface area (Å²) in [5.41, 5.74) is 6.05. The second-order valence-electron chi connectivity index (χ2n) is 9.39. The Morgan fingerprint density at radius 3 is 2.56 bits per heavy atom. The highest BCUT2D eigenvalue weighted by Crippen LogP contribution is 2.30. The summed E-state index contributed by atoms with van der Waals surface area (Å²) in [7, 11) is 0. The van der Waals surface area contributed by atoms with E-state index >= 15 is 0 Å². The molecule has 3 aromatic carbocycles. The quantitative estimate of drug-likeness (QED) is 0.338. The van der Waals surface area contributed by atoms with Crippen molar-refractivity contribution in [1.82, 2.24) is 10.3 Å². The lowest BCUT2D eigenvalue weighted by Crippen LogP contribution is -2.22. The van der Waals surface area contributed by atoms with E-state index in [0.717, 1.165) is 47.8 Å². The Hall–Kier alpha value is -4.06. The van der Waals surface area contributed by atoms with Crippen LogP contribution in [0.15, 0.2) is 77.2 Å². The molecule has 1 aliphatic rings. The average Bonchev–Trinajstić information content (AvgIpc) is 3.47. The van der Waals surface area contributed by atoms with Crippen molar-refractivity contribution in [3.05, 3.63) is 101 Å². The molecular formula is C30H31N3O3. The molecule has 0 radical (unpaired) electrons. The largest absolute Gasteiger partial charge is 0.491 e. The summed E-state index contributed by atoms with van der Waals surface area (Å²) >= 11 is 0. The molecule has 0 spiro atoms. The number of fused-ring (bicyclic) bond motifs is 1. The number of carbonyl (C=O) groups excluding carboxylic acids is 1. The first-order valence-corrected chi connectivity index (χ1v) is 12.4. The van der Waals surface area contributed by atoms with Gasteiger partial charge in [0.25, 0.3) is 5.91 Å². The van der Waals surface area contributed by atoms with Gasteiger partial charge in [-0.05, 0) is 80.8 Å². The number of carbonyl (C=O) groups is 1. The van der Waals surface area contributed by atoms with Crippen molar-refractivity contribution in [3.63, 3.8) is 0 Å². The maximum Gasteiger partial charge on any atom is 0.251 e. The van der Waals surface area contributed by atoms with E-state index in [1.54, 1.807) is 12.1 Å². The van der Waals surface area contributed by atoms with Gasteiger partial charge in [0.05, 0.1) is 12.6 Å². The molecule has 0 bridgehead atoms. The molecule has 0 saturated carbocycles. The Morgan fingerprint density at radius 2 is 1.81 bits per heavy atom. The third kappa shape index (κ3) is 5.28. The average molecular weight is 482 g/mol. The number of ether oxygens (including phenoxy) is 1. The van der Waals surface area contributed by atoms with Crippen LogP contribution in [0, 0.1) is 6.92 Å². The Balaban J connectivity index is 1.20. The number of benzene rings is 3. The second-order valence-corrected chi connectivity index (χ2v) is 9.39. The molecule has 1 N–H and O–H groups in total. The van der Waals surface area contributed by atoms with E-state index in [4.69, 9.17) is 14.1 Å². The van der Waals surface area contributed by atoms with E-state index in [0.29, 0.717) is 18.0 Å². The molecule has 1 aliphatic heterocycles. The number of rotatable bonds is 8. The van der Waals surface area contributed by atoms with Crippen molar-refractivity contribution in [2.24, 2.45) is 0 Å². The summed E-state index contributed by atoms with van der Waals surface area (Å²) in [4.78, 5) is 19.8. The predicted octanol–water partition coefficient (Wildman–Crippen LogP) is 5.93. The highest BCUT2D eigenvalue weighted by atomic mass is 16.5. The fraction of sp³-hybridized carbons (Fsp3) is 0.267. The topological polar surface area (TPSA) is 67.6 Å². The first kappa shape index (κ1) is 23.7. The van der Waals surface area contributed by atoms with Gasteiger partial charge in [-0.25, -0.2) is 4.98 Å². The van der Waals surface area contributed by atoms with Gasteiger partial charge < -0.3 is 19.4 Å². The van der Waals surface area contributed by atoms with E-state index in [2.05, 4.69) is 34.5 Å². The maximum absolute atomic E-state index is 12.7. The minimum Gasteiger partial charge on any atom is -0.491 e. The van der Waals surface area contributed by atoms with Gasteiger partial charge in [-0.1, -0.05) is 30.3 Å². The Bertz CT molecular complexity index is 1340. The monoisotopic (exact) mass is 481 g/mol. The van der Waals surface area contributed by atoms with Gasteiger partial charge in [0.15, 0.2) is 0 Å². The number of hydrogen-bond acceptors (Lipinski definition) is 5. The van der Waals surface area contributed by atoms with Crippen LogP contribution in [-0.4, -0.2) is 23.5 Å². The minimum absolute atomic E-state index is 0.124. The number of nitrogens with zero attached hydrogens (tertiary/aromatic N) is 2. The Kier molecular flexibility index (Phi) is 6.76. The van der Waals surface area contributed by atoms with Gasteiger partial charge in [0.2, 0.25) is 5.89 Å². The van der Waals surface area contributed by atoms with Gasteiger partial charge >= 0.3 is 0 Å². The molecule has 184 valence electrons. The molecule has 0 atom stereocenters. The molecule has 36 heavy (non-hydrogen) atoms. The van der Waals surface area contributed by atoms with Gasteiger partial charge in [-0.15, -0.1) is 0 Å². The van der Waals surface area contributed by atoms with E-state index in [1.807, 2.05) is 57.2 Å². The lowest BCUT2D eigenvalue weighted by molar-refractivity contribution is 0.0951. The summed E-state index contributed by atoms with van der Waals surface area (Å²) in [5.74, 6) is 2.10. The third-order valence-electron chi connectivity index (χ3n) is 6.36. The molecule has 0 aliphatic carbocycles. The van der Waals surface area contributed by atoms with Crippen molar-refractivity contribution >= 4 is 11.6 Å². The Morgan fingerprint density at radius 1 is 1.06 bits per heavy atom. The predicted molar refractivity (Wildman–Crippen MR) is 141 cm³/mol. The van der Waals surface area contributed by atoms with Crippen LogP contribution in [0.4, 0.5) is 5.69 Å². The van der Waals surface area contributed by atoms with Crippen molar-refractivity contribution in [1.29, 1.82) is 0 Å². The van der Waals surface area contributed by atoms with Crippen LogP contribution in [0.25, 0.3) is 11.5 Å². The second kappa shape index (κ2) is 10.3. The highest BCUT2D eigenvalue weighted by Gasteiger charge is 2.21. The standard InChI is InChI=1S/C30H31N3O3/c1-20(2)35-26-14-8-22(9-15-26)18-31-29(34)24-10-12-25(13-11-24)30-32-27(21(3)36-30)19-33-17-16-23-6-4-5-7-28(23)33/h4-15,20H,16-19H2,1-3H3,(H,31,34). The fourth-order valence-corrected chi connectivity index (χ4v) is 4.46. The van der Waals surface area contributed by atoms with Crippen molar-refractivity contribution in [3.8, 4) is 17.2 Å². The van der Waals surface area contributed by atoms with Crippen molar-refractivity contribution < 1.29 is 13.9 Å². The van der Waals surface area contributed by atoms with Crippen molar-refractivity contribution in [2.75, 3.05) is 11.4 Å². The minimum atomic E-state index is -0.124. The number of para-hydroxylation sites is 1. The lowest BCUT2D eigenvalue weighted by atomic mass is 10.1. The number of amides is 1. The zero-order valence-electron chi connectivity index (χ0n) is 21.0. The zero-order valence-corrected chi connectivity index (χ0v) is 21.0. The van der Waals surface area contributed by atoms with E-state index < -0.39 is 0 Å². The van der Waals surface area contributed by atoms with Crippen LogP contribution in [0.2, 0.25) is 0 Å². The number of oxazole rings is 1. The van der Waals surface area contributed by atoms with E-state index in [9.17, 15) is 4.79 Å². The Labute approximate surface area is 211 Å². The van der Waals surface area contributed by atoms with Gasteiger partial charge in [-0.3, -0.25) is 4.79 Å². The highest BCUT2D eigenvalue weighted by molar-refractivity contribution is 5.94. The van der Waals surface area contributed by atoms with Crippen LogP contribution in [0.1, 0.15) is 46.8 Å². The molecule has 5 rings (SSSR count). The molecule has 1 amide bonds. The smallest absolute Gasteiger partial charge is 0.251 e. The van der Waals surface area contributed by atoms with E-state index in [-0.39, 0.29) is 12.0 Å². The van der Waals surface area contributed by atoms with Crippen LogP contribution in [0.5, 0.6) is 5.75 Å². The maximum atomic E-state index is 12.7. The zero-order chi connectivity index (χ0) is 25.1. The van der Waals surface area contributed by atoms with Gasteiger partial charge in [0.1, 0.15) is 17.2 Å². The molecule has 2 heterocycles. The molecule has 6 heteroatoms. The summed E-state index contributed by atoms with van der Waals surface area (Å²) in [5, 5.41) is 2.97. The number of nitrogens with one attached hydrogen (secondary N) is 1. The summed E-state index contributed by atoms with van der Waals surface area (Å²) in [6.45, 7) is 8.10. The molecule has 1 aromatic heterocycles. The summed E-state index contributed by atoms with van der Waals surface area (Å²) in [6.07, 6.45) is 1.19. The van der Waals surface area contributed by atoms with Gasteiger partial charge in [-0.2, -0.15) is 0 Å². The number of aryl methyl sites for hydroxylation is 1. The van der Waals surface area contributed by atoms with Crippen LogP contribution < -0.4 is 15.0 Å².